The van der Waals surface area contributed by atoms with Gasteiger partial charge in [-0.2, -0.15) is 5.10 Å². The molecule has 0 saturated carbocycles. The Bertz CT molecular complexity index is 635. The first kappa shape index (κ1) is 13.6. The van der Waals surface area contributed by atoms with Crippen molar-refractivity contribution >= 4 is 5.91 Å². The number of aromatic nitrogens is 4. The molecular formula is C12H16N6O3. The van der Waals surface area contributed by atoms with Gasteiger partial charge in [-0.05, 0) is 25.0 Å². The van der Waals surface area contributed by atoms with E-state index in [1.54, 1.807) is 6.92 Å². The van der Waals surface area contributed by atoms with Crippen LogP contribution in [0.25, 0.3) is 0 Å². The summed E-state index contributed by atoms with van der Waals surface area (Å²) >= 11 is 0. The monoisotopic (exact) mass is 292 g/mol. The van der Waals surface area contributed by atoms with Gasteiger partial charge in [0.2, 0.25) is 0 Å². The van der Waals surface area contributed by atoms with Crippen LogP contribution in [0.5, 0.6) is 5.88 Å². The summed E-state index contributed by atoms with van der Waals surface area (Å²) in [5.74, 6) is 0.139. The van der Waals surface area contributed by atoms with E-state index in [0.717, 1.165) is 30.8 Å². The molecule has 1 amide bonds. The molecule has 1 aliphatic rings. The minimum atomic E-state index is -0.201. The van der Waals surface area contributed by atoms with Gasteiger partial charge < -0.3 is 15.4 Å². The van der Waals surface area contributed by atoms with Crippen molar-refractivity contribution in [1.29, 1.82) is 0 Å². The van der Waals surface area contributed by atoms with Crippen LogP contribution in [0.2, 0.25) is 0 Å². The van der Waals surface area contributed by atoms with Crippen molar-refractivity contribution in [2.45, 2.75) is 19.9 Å². The van der Waals surface area contributed by atoms with E-state index in [-0.39, 0.29) is 12.5 Å². The zero-order chi connectivity index (χ0) is 14.7. The van der Waals surface area contributed by atoms with E-state index in [2.05, 4.69) is 35.8 Å². The number of hydrogen-bond acceptors (Lipinski definition) is 7. The molecule has 0 radical (unpaired) electrons. The standard InChI is InChI=1S/C12H16N6O3/c1-7-12(18-21-17-7)20-5-4-14-11(19)10-8-2-3-13-6-9(8)15-16-10/h13H,2-6H2,1H3,(H,14,19)(H,15,16). The molecule has 0 unspecified atom stereocenters. The van der Waals surface area contributed by atoms with Crippen LogP contribution in [0.1, 0.15) is 27.4 Å². The fraction of sp³-hybridized carbons (Fsp3) is 0.500. The van der Waals surface area contributed by atoms with Crippen LogP contribution in [0.4, 0.5) is 0 Å². The number of hydrogen-bond donors (Lipinski definition) is 3. The summed E-state index contributed by atoms with van der Waals surface area (Å²) in [4.78, 5) is 12.1. The van der Waals surface area contributed by atoms with Crippen molar-refractivity contribution in [3.05, 3.63) is 22.6 Å². The Morgan fingerprint density at radius 3 is 3.19 bits per heavy atom. The van der Waals surface area contributed by atoms with Crippen LogP contribution in [-0.2, 0) is 13.0 Å². The van der Waals surface area contributed by atoms with Gasteiger partial charge in [-0.3, -0.25) is 9.89 Å². The topological polar surface area (TPSA) is 118 Å². The molecule has 21 heavy (non-hydrogen) atoms. The van der Waals surface area contributed by atoms with Crippen molar-refractivity contribution in [3.63, 3.8) is 0 Å². The number of carbonyl (C=O) groups is 1. The van der Waals surface area contributed by atoms with Crippen molar-refractivity contribution in [3.8, 4) is 5.88 Å². The Balaban J connectivity index is 1.50. The second-order valence-corrected chi connectivity index (χ2v) is 4.72. The van der Waals surface area contributed by atoms with Crippen molar-refractivity contribution in [1.82, 2.24) is 31.1 Å². The number of carbonyl (C=O) groups excluding carboxylic acids is 1. The van der Waals surface area contributed by atoms with Crippen LogP contribution in [0.15, 0.2) is 4.63 Å². The third-order valence-corrected chi connectivity index (χ3v) is 3.26. The first-order chi connectivity index (χ1) is 10.3. The Morgan fingerprint density at radius 2 is 2.38 bits per heavy atom. The predicted octanol–water partition coefficient (Wildman–Crippen LogP) is -0.444. The van der Waals surface area contributed by atoms with Gasteiger partial charge in [0.15, 0.2) is 5.69 Å². The summed E-state index contributed by atoms with van der Waals surface area (Å²) in [6.45, 7) is 3.94. The Hall–Kier alpha value is -2.42. The number of rotatable bonds is 5. The van der Waals surface area contributed by atoms with Gasteiger partial charge in [-0.1, -0.05) is 5.16 Å². The maximum atomic E-state index is 12.1. The average Bonchev–Trinajstić information content (AvgIpc) is 3.10. The van der Waals surface area contributed by atoms with E-state index in [9.17, 15) is 4.79 Å². The van der Waals surface area contributed by atoms with Crippen molar-refractivity contribution < 1.29 is 14.2 Å². The number of amides is 1. The molecule has 2 aromatic heterocycles. The lowest BCUT2D eigenvalue weighted by molar-refractivity contribution is 0.0940. The second kappa shape index (κ2) is 5.92. The molecule has 3 rings (SSSR count). The maximum absolute atomic E-state index is 12.1. The SMILES string of the molecule is Cc1nonc1OCCNC(=O)c1n[nH]c2c1CCNC2. The third kappa shape index (κ3) is 2.87. The smallest absolute Gasteiger partial charge is 0.278 e. The van der Waals surface area contributed by atoms with Gasteiger partial charge in [0.1, 0.15) is 12.3 Å². The van der Waals surface area contributed by atoms with E-state index in [1.807, 2.05) is 0 Å². The highest BCUT2D eigenvalue weighted by atomic mass is 16.6. The fourth-order valence-corrected chi connectivity index (χ4v) is 2.18. The summed E-state index contributed by atoms with van der Waals surface area (Å²) in [6.07, 6.45) is 0.800. The molecule has 0 fully saturated rings. The lowest BCUT2D eigenvalue weighted by Crippen LogP contribution is -2.30. The van der Waals surface area contributed by atoms with Crippen LogP contribution in [-0.4, -0.2) is 46.1 Å². The summed E-state index contributed by atoms with van der Waals surface area (Å²) in [7, 11) is 0. The lowest BCUT2D eigenvalue weighted by atomic mass is 10.1. The summed E-state index contributed by atoms with van der Waals surface area (Å²) < 4.78 is 9.85. The highest BCUT2D eigenvalue weighted by Gasteiger charge is 2.21. The van der Waals surface area contributed by atoms with Gasteiger partial charge in [0.05, 0.1) is 12.2 Å². The summed E-state index contributed by atoms with van der Waals surface area (Å²) in [5.41, 5.74) is 3.01. The number of H-pyrrole nitrogens is 1. The third-order valence-electron chi connectivity index (χ3n) is 3.26. The Kier molecular flexibility index (Phi) is 3.82. The molecule has 0 atom stereocenters. The molecular weight excluding hydrogens is 276 g/mol. The molecule has 3 heterocycles. The largest absolute Gasteiger partial charge is 0.472 e. The number of ether oxygens (including phenoxy) is 1. The number of nitrogens with zero attached hydrogens (tertiary/aromatic N) is 3. The van der Waals surface area contributed by atoms with E-state index in [0.29, 0.717) is 23.8 Å². The molecule has 2 aromatic rings. The number of nitrogens with one attached hydrogen (secondary N) is 3. The molecule has 9 nitrogen and oxygen atoms in total. The molecule has 0 saturated heterocycles. The minimum Gasteiger partial charge on any atom is -0.472 e. The van der Waals surface area contributed by atoms with Crippen LogP contribution in [0, 0.1) is 6.92 Å². The number of aryl methyl sites for hydroxylation is 1. The molecule has 9 heteroatoms. The first-order valence-electron chi connectivity index (χ1n) is 6.72. The van der Waals surface area contributed by atoms with E-state index in [4.69, 9.17) is 4.74 Å². The Morgan fingerprint density at radius 1 is 1.48 bits per heavy atom. The van der Waals surface area contributed by atoms with Crippen LogP contribution >= 0.6 is 0 Å². The van der Waals surface area contributed by atoms with Crippen molar-refractivity contribution in [2.75, 3.05) is 19.7 Å². The highest BCUT2D eigenvalue weighted by molar-refractivity contribution is 5.94. The molecule has 112 valence electrons. The first-order valence-corrected chi connectivity index (χ1v) is 6.72. The second-order valence-electron chi connectivity index (χ2n) is 4.72. The molecule has 1 aliphatic heterocycles. The Labute approximate surface area is 120 Å². The van der Waals surface area contributed by atoms with E-state index < -0.39 is 0 Å². The highest BCUT2D eigenvalue weighted by Crippen LogP contribution is 2.15. The van der Waals surface area contributed by atoms with Gasteiger partial charge in [-0.25, -0.2) is 4.63 Å². The summed E-state index contributed by atoms with van der Waals surface area (Å²) in [6, 6.07) is 0. The molecule has 0 bridgehead atoms. The van der Waals surface area contributed by atoms with E-state index >= 15 is 0 Å². The van der Waals surface area contributed by atoms with Gasteiger partial charge >= 0.3 is 0 Å². The lowest BCUT2D eigenvalue weighted by Gasteiger charge is -2.12. The normalized spacial score (nSPS) is 13.8. The van der Waals surface area contributed by atoms with Crippen molar-refractivity contribution in [2.24, 2.45) is 0 Å². The number of aromatic amines is 1. The zero-order valence-corrected chi connectivity index (χ0v) is 11.6. The molecule has 0 aliphatic carbocycles. The van der Waals surface area contributed by atoms with Crippen LogP contribution < -0.4 is 15.4 Å². The van der Waals surface area contributed by atoms with Gasteiger partial charge in [0, 0.05) is 12.1 Å². The average molecular weight is 292 g/mol. The van der Waals surface area contributed by atoms with E-state index in [1.165, 1.54) is 0 Å². The molecule has 0 aromatic carbocycles. The minimum absolute atomic E-state index is 0.201. The molecule has 0 spiro atoms. The summed E-state index contributed by atoms with van der Waals surface area (Å²) in [5, 5.41) is 20.2. The van der Waals surface area contributed by atoms with Gasteiger partial charge in [-0.15, -0.1) is 0 Å². The molecule has 3 N–H and O–H groups in total. The fourth-order valence-electron chi connectivity index (χ4n) is 2.18. The predicted molar refractivity (Wildman–Crippen MR) is 70.9 cm³/mol. The van der Waals surface area contributed by atoms with Crippen LogP contribution in [0.3, 0.4) is 0 Å². The maximum Gasteiger partial charge on any atom is 0.278 e. The number of fused-ring (bicyclic) bond motifs is 1. The quantitative estimate of drug-likeness (QED) is 0.639. The zero-order valence-electron chi connectivity index (χ0n) is 11.6. The van der Waals surface area contributed by atoms with Gasteiger partial charge in [0.25, 0.3) is 11.8 Å².